The molecule has 5 heteroatoms. The number of nitrogens with zero attached hydrogens (tertiary/aromatic N) is 1. The summed E-state index contributed by atoms with van der Waals surface area (Å²) in [4.78, 5) is 26.6. The highest BCUT2D eigenvalue weighted by Crippen LogP contribution is 2.25. The topological polar surface area (TPSA) is 46.6 Å². The van der Waals surface area contributed by atoms with Crippen molar-refractivity contribution in [1.82, 2.24) is 4.90 Å². The number of Topliss-reactive ketones (excluding diaryl/α,β-unsaturated/α-hetero) is 1. The van der Waals surface area contributed by atoms with E-state index in [2.05, 4.69) is 0 Å². The van der Waals surface area contributed by atoms with E-state index in [9.17, 15) is 9.59 Å². The van der Waals surface area contributed by atoms with Crippen LogP contribution in [0.1, 0.15) is 79.6 Å². The van der Waals surface area contributed by atoms with Gasteiger partial charge in [-0.3, -0.25) is 4.79 Å². The first kappa shape index (κ1) is 21.1. The molecule has 0 spiro atoms. The van der Waals surface area contributed by atoms with E-state index in [0.717, 1.165) is 17.8 Å². The van der Waals surface area contributed by atoms with Crippen molar-refractivity contribution in [2.24, 2.45) is 5.92 Å². The fraction of sp³-hybridized carbons (Fsp3) is 0.842. The van der Waals surface area contributed by atoms with Gasteiger partial charge in [0.1, 0.15) is 17.9 Å². The van der Waals surface area contributed by atoms with Crippen LogP contribution in [0.2, 0.25) is 0 Å². The number of esters is 1. The van der Waals surface area contributed by atoms with Gasteiger partial charge in [0.15, 0.2) is 0 Å². The van der Waals surface area contributed by atoms with E-state index in [-0.39, 0.29) is 30.3 Å². The average Bonchev–Trinajstić information content (AvgIpc) is 2.70. The Morgan fingerprint density at radius 2 is 1.71 bits per heavy atom. The highest BCUT2D eigenvalue weighted by molar-refractivity contribution is 7.80. The van der Waals surface area contributed by atoms with Crippen molar-refractivity contribution in [3.63, 3.8) is 0 Å². The summed E-state index contributed by atoms with van der Waals surface area (Å²) in [6.07, 6.45) is 7.35. The summed E-state index contributed by atoms with van der Waals surface area (Å²) in [6, 6.07) is 0.280. The molecule has 1 aliphatic rings. The predicted molar refractivity (Wildman–Crippen MR) is 101 cm³/mol. The first-order chi connectivity index (χ1) is 11.1. The standard InChI is InChI=1S/C19H33NO3S/c1-14(12-15(2)21)18(24)20(13-17(22)23-19(3,4)5)16-10-8-6-7-9-11-16/h14,16H,6-13H2,1-5H3. The van der Waals surface area contributed by atoms with Gasteiger partial charge in [-0.2, -0.15) is 0 Å². The Morgan fingerprint density at radius 1 is 1.17 bits per heavy atom. The number of carbonyl (C=O) groups excluding carboxylic acids is 2. The van der Waals surface area contributed by atoms with E-state index in [1.807, 2.05) is 32.6 Å². The van der Waals surface area contributed by atoms with Gasteiger partial charge in [0, 0.05) is 18.4 Å². The smallest absolute Gasteiger partial charge is 0.326 e. The number of rotatable bonds is 6. The van der Waals surface area contributed by atoms with Crippen LogP contribution in [0.5, 0.6) is 0 Å². The molecule has 24 heavy (non-hydrogen) atoms. The van der Waals surface area contributed by atoms with Crippen LogP contribution in [0.15, 0.2) is 0 Å². The first-order valence-corrected chi connectivity index (χ1v) is 9.52. The molecule has 1 rings (SSSR count). The second-order valence-electron chi connectivity index (χ2n) is 8.01. The molecular formula is C19H33NO3S. The molecule has 0 aliphatic heterocycles. The molecule has 0 N–H and O–H groups in total. The summed E-state index contributed by atoms with van der Waals surface area (Å²) in [5, 5.41) is 0. The van der Waals surface area contributed by atoms with Gasteiger partial charge in [-0.05, 0) is 40.5 Å². The third kappa shape index (κ3) is 7.73. The van der Waals surface area contributed by atoms with Crippen molar-refractivity contribution < 1.29 is 14.3 Å². The van der Waals surface area contributed by atoms with Crippen molar-refractivity contribution in [1.29, 1.82) is 0 Å². The molecular weight excluding hydrogens is 322 g/mol. The maximum atomic E-state index is 12.4. The number of carbonyl (C=O) groups is 2. The van der Waals surface area contributed by atoms with Crippen LogP contribution < -0.4 is 0 Å². The second-order valence-corrected chi connectivity index (χ2v) is 8.42. The molecule has 0 heterocycles. The van der Waals surface area contributed by atoms with Crippen molar-refractivity contribution in [2.75, 3.05) is 6.54 Å². The molecule has 0 bridgehead atoms. The van der Waals surface area contributed by atoms with Crippen LogP contribution in [0.25, 0.3) is 0 Å². The number of ether oxygens (including phenoxy) is 1. The van der Waals surface area contributed by atoms with Gasteiger partial charge in [0.25, 0.3) is 0 Å². The lowest BCUT2D eigenvalue weighted by atomic mass is 10.0. The summed E-state index contributed by atoms with van der Waals surface area (Å²) in [5.41, 5.74) is -0.501. The predicted octanol–water partition coefficient (Wildman–Crippen LogP) is 4.30. The van der Waals surface area contributed by atoms with Gasteiger partial charge in [-0.25, -0.2) is 0 Å². The van der Waals surface area contributed by atoms with Crippen LogP contribution in [0.4, 0.5) is 0 Å². The maximum absolute atomic E-state index is 12.4. The Bertz CT molecular complexity index is 448. The van der Waals surface area contributed by atoms with E-state index in [0.29, 0.717) is 6.42 Å². The lowest BCUT2D eigenvalue weighted by Gasteiger charge is -2.35. The SMILES string of the molecule is CC(=O)CC(C)C(=S)N(CC(=O)OC(C)(C)C)C1CCCCCC1. The largest absolute Gasteiger partial charge is 0.459 e. The number of hydrogen-bond acceptors (Lipinski definition) is 4. The molecule has 1 unspecified atom stereocenters. The van der Waals surface area contributed by atoms with Crippen molar-refractivity contribution in [3.8, 4) is 0 Å². The monoisotopic (exact) mass is 355 g/mol. The normalized spacial score (nSPS) is 17.7. The molecule has 1 saturated carbocycles. The third-order valence-corrected chi connectivity index (χ3v) is 4.92. The van der Waals surface area contributed by atoms with Crippen molar-refractivity contribution >= 4 is 29.0 Å². The lowest BCUT2D eigenvalue weighted by Crippen LogP contribution is -2.46. The van der Waals surface area contributed by atoms with E-state index < -0.39 is 5.60 Å². The zero-order chi connectivity index (χ0) is 18.3. The summed E-state index contributed by atoms with van der Waals surface area (Å²) < 4.78 is 5.49. The molecule has 0 saturated heterocycles. The number of ketones is 1. The highest BCUT2D eigenvalue weighted by Gasteiger charge is 2.29. The van der Waals surface area contributed by atoms with Crippen LogP contribution in [0.3, 0.4) is 0 Å². The van der Waals surface area contributed by atoms with Gasteiger partial charge >= 0.3 is 5.97 Å². The lowest BCUT2D eigenvalue weighted by molar-refractivity contribution is -0.155. The molecule has 138 valence electrons. The summed E-state index contributed by atoms with van der Waals surface area (Å²) in [6.45, 7) is 9.36. The molecule has 0 aromatic rings. The number of hydrogen-bond donors (Lipinski definition) is 0. The van der Waals surface area contributed by atoms with Gasteiger partial charge in [0.05, 0.1) is 4.99 Å². The Morgan fingerprint density at radius 3 is 2.17 bits per heavy atom. The van der Waals surface area contributed by atoms with E-state index in [1.165, 1.54) is 25.7 Å². The van der Waals surface area contributed by atoms with E-state index in [4.69, 9.17) is 17.0 Å². The van der Waals surface area contributed by atoms with Crippen molar-refractivity contribution in [2.45, 2.75) is 91.2 Å². The summed E-state index contributed by atoms with van der Waals surface area (Å²) in [5.74, 6) is -0.143. The van der Waals surface area contributed by atoms with Gasteiger partial charge in [-0.15, -0.1) is 0 Å². The van der Waals surface area contributed by atoms with Crippen LogP contribution in [-0.2, 0) is 14.3 Å². The molecule has 1 aliphatic carbocycles. The second kappa shape index (κ2) is 9.50. The molecule has 1 fully saturated rings. The van der Waals surface area contributed by atoms with Crippen molar-refractivity contribution in [3.05, 3.63) is 0 Å². The summed E-state index contributed by atoms with van der Waals surface area (Å²) >= 11 is 5.67. The molecule has 1 atom stereocenters. The molecule has 0 radical (unpaired) electrons. The fourth-order valence-electron chi connectivity index (χ4n) is 3.27. The van der Waals surface area contributed by atoms with Crippen LogP contribution >= 0.6 is 12.2 Å². The minimum absolute atomic E-state index is 0.0248. The highest BCUT2D eigenvalue weighted by atomic mass is 32.1. The summed E-state index contributed by atoms with van der Waals surface area (Å²) in [7, 11) is 0. The zero-order valence-corrected chi connectivity index (χ0v) is 16.7. The Hall–Kier alpha value is -0.970. The first-order valence-electron chi connectivity index (χ1n) is 9.12. The molecule has 0 aromatic carbocycles. The average molecular weight is 356 g/mol. The third-order valence-electron chi connectivity index (χ3n) is 4.28. The van der Waals surface area contributed by atoms with Gasteiger partial charge < -0.3 is 14.4 Å². The minimum atomic E-state index is -0.501. The Balaban J connectivity index is 2.86. The van der Waals surface area contributed by atoms with Gasteiger partial charge in [0.2, 0.25) is 0 Å². The molecule has 0 amide bonds. The quantitative estimate of drug-likeness (QED) is 0.404. The Kier molecular flexibility index (Phi) is 8.34. The maximum Gasteiger partial charge on any atom is 0.326 e. The number of thiocarbonyl (C=S) groups is 1. The van der Waals surface area contributed by atoms with Crippen LogP contribution in [0, 0.1) is 5.92 Å². The fourth-order valence-corrected chi connectivity index (χ4v) is 3.57. The molecule has 4 nitrogen and oxygen atoms in total. The van der Waals surface area contributed by atoms with E-state index in [1.54, 1.807) is 6.92 Å². The van der Waals surface area contributed by atoms with E-state index >= 15 is 0 Å². The minimum Gasteiger partial charge on any atom is -0.459 e. The Labute approximate surface area is 152 Å². The zero-order valence-electron chi connectivity index (χ0n) is 15.9. The van der Waals surface area contributed by atoms with Gasteiger partial charge in [-0.1, -0.05) is 44.8 Å². The molecule has 0 aromatic heterocycles. The van der Waals surface area contributed by atoms with Crippen LogP contribution in [-0.4, -0.2) is 39.8 Å².